The standard InChI is InChI=1S/C23H21BrCl3NO3/c1-3-30-22-9-15(12-28-16-5-7-21(29-2)20(27)10-16)17(24)11-23(22)31-13-14-4-6-18(25)19(26)8-14/h4-11,28H,3,12-13H2,1-2H3. The Balaban J connectivity index is 1.74. The van der Waals surface area contributed by atoms with Crippen molar-refractivity contribution in [2.24, 2.45) is 0 Å². The molecule has 0 radical (unpaired) electrons. The predicted octanol–water partition coefficient (Wildman–Crippen LogP) is 8.01. The number of benzene rings is 3. The second kappa shape index (κ2) is 11.2. The van der Waals surface area contributed by atoms with Crippen LogP contribution in [0.25, 0.3) is 0 Å². The summed E-state index contributed by atoms with van der Waals surface area (Å²) in [5.74, 6) is 1.93. The van der Waals surface area contributed by atoms with Crippen LogP contribution in [-0.2, 0) is 13.2 Å². The molecular formula is C23H21BrCl3NO3. The van der Waals surface area contributed by atoms with Crippen molar-refractivity contribution in [3.05, 3.63) is 79.2 Å². The van der Waals surface area contributed by atoms with Gasteiger partial charge in [-0.3, -0.25) is 0 Å². The highest BCUT2D eigenvalue weighted by atomic mass is 79.9. The Kier molecular flexibility index (Phi) is 8.61. The van der Waals surface area contributed by atoms with Gasteiger partial charge in [-0.1, -0.05) is 56.8 Å². The number of hydrogen-bond acceptors (Lipinski definition) is 4. The maximum absolute atomic E-state index is 6.21. The van der Waals surface area contributed by atoms with Crippen molar-refractivity contribution in [2.75, 3.05) is 19.0 Å². The van der Waals surface area contributed by atoms with Gasteiger partial charge < -0.3 is 19.5 Å². The largest absolute Gasteiger partial charge is 0.495 e. The van der Waals surface area contributed by atoms with Gasteiger partial charge in [-0.25, -0.2) is 0 Å². The van der Waals surface area contributed by atoms with E-state index in [1.54, 1.807) is 19.2 Å². The van der Waals surface area contributed by atoms with Crippen molar-refractivity contribution in [2.45, 2.75) is 20.1 Å². The predicted molar refractivity (Wildman–Crippen MR) is 131 cm³/mol. The maximum Gasteiger partial charge on any atom is 0.162 e. The van der Waals surface area contributed by atoms with Crippen LogP contribution in [0.5, 0.6) is 17.2 Å². The molecule has 4 nitrogen and oxygen atoms in total. The van der Waals surface area contributed by atoms with Crippen LogP contribution in [0.2, 0.25) is 15.1 Å². The first-order valence-electron chi connectivity index (χ1n) is 9.50. The Morgan fingerprint density at radius 2 is 1.61 bits per heavy atom. The number of rotatable bonds is 9. The van der Waals surface area contributed by atoms with E-state index < -0.39 is 0 Å². The van der Waals surface area contributed by atoms with E-state index in [1.165, 1.54) is 0 Å². The number of ether oxygens (including phenoxy) is 3. The molecule has 0 atom stereocenters. The molecule has 8 heteroatoms. The zero-order valence-electron chi connectivity index (χ0n) is 17.0. The van der Waals surface area contributed by atoms with Crippen molar-refractivity contribution >= 4 is 56.4 Å². The Morgan fingerprint density at radius 1 is 0.839 bits per heavy atom. The fourth-order valence-electron chi connectivity index (χ4n) is 2.86. The summed E-state index contributed by atoms with van der Waals surface area (Å²) in [6.07, 6.45) is 0. The van der Waals surface area contributed by atoms with Crippen molar-refractivity contribution in [3.8, 4) is 17.2 Å². The summed E-state index contributed by atoms with van der Waals surface area (Å²) in [6.45, 7) is 3.36. The van der Waals surface area contributed by atoms with E-state index in [9.17, 15) is 0 Å². The van der Waals surface area contributed by atoms with Gasteiger partial charge in [0.2, 0.25) is 0 Å². The van der Waals surface area contributed by atoms with Gasteiger partial charge in [0.1, 0.15) is 12.4 Å². The highest BCUT2D eigenvalue weighted by Crippen LogP contribution is 2.35. The van der Waals surface area contributed by atoms with Crippen LogP contribution in [0.15, 0.2) is 53.0 Å². The lowest BCUT2D eigenvalue weighted by molar-refractivity contribution is 0.269. The highest BCUT2D eigenvalue weighted by molar-refractivity contribution is 9.10. The first-order chi connectivity index (χ1) is 14.9. The molecule has 1 N–H and O–H groups in total. The van der Waals surface area contributed by atoms with Gasteiger partial charge in [-0.2, -0.15) is 0 Å². The Labute approximate surface area is 205 Å². The monoisotopic (exact) mass is 543 g/mol. The van der Waals surface area contributed by atoms with Crippen LogP contribution in [-0.4, -0.2) is 13.7 Å². The number of anilines is 1. The molecular weight excluding hydrogens is 525 g/mol. The summed E-state index contributed by atoms with van der Waals surface area (Å²) in [6, 6.07) is 14.8. The third kappa shape index (κ3) is 6.36. The molecule has 0 aliphatic carbocycles. The van der Waals surface area contributed by atoms with E-state index in [2.05, 4.69) is 21.2 Å². The van der Waals surface area contributed by atoms with E-state index >= 15 is 0 Å². The summed E-state index contributed by atoms with van der Waals surface area (Å²) >= 11 is 21.9. The lowest BCUT2D eigenvalue weighted by Crippen LogP contribution is -2.04. The Bertz CT molecular complexity index is 1060. The lowest BCUT2D eigenvalue weighted by atomic mass is 10.2. The zero-order chi connectivity index (χ0) is 22.4. The molecule has 164 valence electrons. The van der Waals surface area contributed by atoms with E-state index in [4.69, 9.17) is 49.0 Å². The first-order valence-corrected chi connectivity index (χ1v) is 11.4. The maximum atomic E-state index is 6.21. The molecule has 0 spiro atoms. The fourth-order valence-corrected chi connectivity index (χ4v) is 3.90. The third-order valence-electron chi connectivity index (χ3n) is 4.43. The van der Waals surface area contributed by atoms with Crippen LogP contribution in [0, 0.1) is 0 Å². The molecule has 0 aromatic heterocycles. The molecule has 0 saturated heterocycles. The summed E-state index contributed by atoms with van der Waals surface area (Å²) in [5, 5.41) is 4.91. The molecule has 31 heavy (non-hydrogen) atoms. The average Bonchev–Trinajstić information content (AvgIpc) is 2.75. The first kappa shape index (κ1) is 23.9. The number of hydrogen-bond donors (Lipinski definition) is 1. The topological polar surface area (TPSA) is 39.7 Å². The Hall–Kier alpha value is -1.79. The SMILES string of the molecule is CCOc1cc(CNc2ccc(OC)c(Cl)c2)c(Br)cc1OCc1ccc(Cl)c(Cl)c1. The van der Waals surface area contributed by atoms with Gasteiger partial charge in [0.25, 0.3) is 0 Å². The molecule has 0 saturated carbocycles. The molecule has 0 fully saturated rings. The van der Waals surface area contributed by atoms with Crippen molar-refractivity contribution in [3.63, 3.8) is 0 Å². The van der Waals surface area contributed by atoms with Gasteiger partial charge in [0.05, 0.1) is 28.8 Å². The van der Waals surface area contributed by atoms with Gasteiger partial charge in [-0.05, 0) is 60.5 Å². The summed E-state index contributed by atoms with van der Waals surface area (Å²) in [5.41, 5.74) is 2.81. The molecule has 0 heterocycles. The van der Waals surface area contributed by atoms with E-state index in [1.807, 2.05) is 43.3 Å². The lowest BCUT2D eigenvalue weighted by Gasteiger charge is -2.16. The molecule has 0 aliphatic rings. The van der Waals surface area contributed by atoms with Crippen LogP contribution < -0.4 is 19.5 Å². The van der Waals surface area contributed by atoms with Crippen molar-refractivity contribution < 1.29 is 14.2 Å². The number of methoxy groups -OCH3 is 1. The summed E-state index contributed by atoms with van der Waals surface area (Å²) in [4.78, 5) is 0. The van der Waals surface area contributed by atoms with Crippen LogP contribution >= 0.6 is 50.7 Å². The fraction of sp³-hybridized carbons (Fsp3) is 0.217. The molecule has 0 bridgehead atoms. The van der Waals surface area contributed by atoms with Crippen LogP contribution in [0.4, 0.5) is 5.69 Å². The van der Waals surface area contributed by atoms with Gasteiger partial charge >= 0.3 is 0 Å². The molecule has 3 rings (SSSR count). The Morgan fingerprint density at radius 3 is 2.29 bits per heavy atom. The second-order valence-corrected chi connectivity index (χ2v) is 8.64. The minimum atomic E-state index is 0.339. The van der Waals surface area contributed by atoms with Crippen LogP contribution in [0.3, 0.4) is 0 Å². The normalized spacial score (nSPS) is 10.6. The number of halogens is 4. The number of nitrogens with one attached hydrogen (secondary N) is 1. The molecule has 3 aromatic carbocycles. The minimum absolute atomic E-state index is 0.339. The zero-order valence-corrected chi connectivity index (χ0v) is 20.8. The summed E-state index contributed by atoms with van der Waals surface area (Å²) in [7, 11) is 1.59. The smallest absolute Gasteiger partial charge is 0.162 e. The molecule has 0 unspecified atom stereocenters. The minimum Gasteiger partial charge on any atom is -0.495 e. The summed E-state index contributed by atoms with van der Waals surface area (Å²) < 4.78 is 17.9. The van der Waals surface area contributed by atoms with Crippen molar-refractivity contribution in [1.82, 2.24) is 0 Å². The van der Waals surface area contributed by atoms with E-state index in [-0.39, 0.29) is 0 Å². The molecule has 0 aliphatic heterocycles. The average molecular weight is 546 g/mol. The van der Waals surface area contributed by atoms with E-state index in [0.29, 0.717) is 52.1 Å². The molecule has 0 amide bonds. The molecule has 3 aromatic rings. The van der Waals surface area contributed by atoms with Crippen LogP contribution in [0.1, 0.15) is 18.1 Å². The van der Waals surface area contributed by atoms with E-state index in [0.717, 1.165) is 21.3 Å². The van der Waals surface area contributed by atoms with Crippen molar-refractivity contribution in [1.29, 1.82) is 0 Å². The van der Waals surface area contributed by atoms with Gasteiger partial charge in [0, 0.05) is 16.7 Å². The second-order valence-electron chi connectivity index (χ2n) is 6.56. The van der Waals surface area contributed by atoms with Gasteiger partial charge in [-0.15, -0.1) is 0 Å². The quantitative estimate of drug-likeness (QED) is 0.296. The highest BCUT2D eigenvalue weighted by Gasteiger charge is 2.12. The third-order valence-corrected chi connectivity index (χ3v) is 6.20. The van der Waals surface area contributed by atoms with Gasteiger partial charge in [0.15, 0.2) is 11.5 Å².